The van der Waals surface area contributed by atoms with Gasteiger partial charge in [-0.3, -0.25) is 4.79 Å². The topological polar surface area (TPSA) is 86.6 Å². The molecule has 1 aromatic heterocycles. The van der Waals surface area contributed by atoms with E-state index in [4.69, 9.17) is 0 Å². The summed E-state index contributed by atoms with van der Waals surface area (Å²) in [6.07, 6.45) is 0.181. The van der Waals surface area contributed by atoms with Gasteiger partial charge < -0.3 is 15.5 Å². The van der Waals surface area contributed by atoms with E-state index in [2.05, 4.69) is 5.32 Å². The van der Waals surface area contributed by atoms with Crippen molar-refractivity contribution in [1.29, 1.82) is 0 Å². The molecule has 27 heavy (non-hydrogen) atoms. The number of aromatic carboxylic acids is 1. The number of carbonyl (C=O) groups is 2. The van der Waals surface area contributed by atoms with Gasteiger partial charge >= 0.3 is 5.97 Å². The van der Waals surface area contributed by atoms with Crippen LogP contribution in [-0.4, -0.2) is 22.1 Å². The molecule has 3 N–H and O–H groups in total. The number of phenols is 1. The SMILES string of the molecule is O=C1C[C@H](c2ccc(O)cc2)c2sc(C(=O)O)c(-c3ccc(F)cc3)c2N1. The average Bonchev–Trinajstić information content (AvgIpc) is 3.02. The largest absolute Gasteiger partial charge is 0.508 e. The van der Waals surface area contributed by atoms with Crippen LogP contribution in [0.4, 0.5) is 10.1 Å². The Labute approximate surface area is 157 Å². The first-order valence-electron chi connectivity index (χ1n) is 8.18. The quantitative estimate of drug-likeness (QED) is 0.624. The lowest BCUT2D eigenvalue weighted by atomic mass is 9.88. The Morgan fingerprint density at radius 1 is 1.11 bits per heavy atom. The van der Waals surface area contributed by atoms with Gasteiger partial charge in [0.1, 0.15) is 16.4 Å². The molecular formula is C20H14FNO4S. The van der Waals surface area contributed by atoms with Crippen LogP contribution in [0.3, 0.4) is 0 Å². The van der Waals surface area contributed by atoms with Crippen molar-refractivity contribution in [2.75, 3.05) is 5.32 Å². The molecular weight excluding hydrogens is 369 g/mol. The number of hydrogen-bond acceptors (Lipinski definition) is 4. The molecule has 7 heteroatoms. The summed E-state index contributed by atoms with van der Waals surface area (Å²) < 4.78 is 13.3. The third-order valence-corrected chi connectivity index (χ3v) is 5.82. The number of rotatable bonds is 3. The van der Waals surface area contributed by atoms with Crippen LogP contribution < -0.4 is 5.32 Å². The first kappa shape index (κ1) is 17.2. The molecule has 1 aliphatic heterocycles. The Morgan fingerprint density at radius 2 is 1.78 bits per heavy atom. The van der Waals surface area contributed by atoms with Crippen LogP contribution in [-0.2, 0) is 4.79 Å². The number of phenolic OH excluding ortho intramolecular Hbond substituents is 1. The fraction of sp³-hybridized carbons (Fsp3) is 0.100. The summed E-state index contributed by atoms with van der Waals surface area (Å²) in [7, 11) is 0. The van der Waals surface area contributed by atoms with Gasteiger partial charge in [-0.05, 0) is 35.4 Å². The third kappa shape index (κ3) is 3.06. The Hall–Kier alpha value is -3.19. The highest BCUT2D eigenvalue weighted by molar-refractivity contribution is 7.15. The zero-order valence-electron chi connectivity index (χ0n) is 13.9. The van der Waals surface area contributed by atoms with Crippen molar-refractivity contribution < 1.29 is 24.2 Å². The standard InChI is InChI=1S/C20H14FNO4S/c21-12-5-1-11(2-6-12)16-17-18(27-19(16)20(25)26)14(9-15(24)22-17)10-3-7-13(23)8-4-10/h1-8,14,23H,9H2,(H,22,24)(H,25,26)/t14-/m1/s1. The Kier molecular flexibility index (Phi) is 4.16. The van der Waals surface area contributed by atoms with Crippen molar-refractivity contribution in [2.24, 2.45) is 0 Å². The Bertz CT molecular complexity index is 1040. The van der Waals surface area contributed by atoms with Gasteiger partial charge in [0.25, 0.3) is 0 Å². The van der Waals surface area contributed by atoms with E-state index in [9.17, 15) is 24.2 Å². The molecule has 5 nitrogen and oxygen atoms in total. The number of thiophene rings is 1. The normalized spacial score (nSPS) is 15.9. The van der Waals surface area contributed by atoms with Gasteiger partial charge in [-0.25, -0.2) is 9.18 Å². The number of fused-ring (bicyclic) bond motifs is 1. The molecule has 0 radical (unpaired) electrons. The van der Waals surface area contributed by atoms with Crippen molar-refractivity contribution in [3.8, 4) is 16.9 Å². The zero-order valence-corrected chi connectivity index (χ0v) is 14.7. The first-order valence-corrected chi connectivity index (χ1v) is 9.00. The minimum absolute atomic E-state index is 0.0950. The number of carbonyl (C=O) groups excluding carboxylic acids is 1. The van der Waals surface area contributed by atoms with Gasteiger partial charge in [-0.1, -0.05) is 24.3 Å². The lowest BCUT2D eigenvalue weighted by Crippen LogP contribution is -2.22. The average molecular weight is 383 g/mol. The number of aromatic hydroxyl groups is 1. The van der Waals surface area contributed by atoms with Gasteiger partial charge in [0.15, 0.2) is 0 Å². The molecule has 2 heterocycles. The maximum absolute atomic E-state index is 13.3. The van der Waals surface area contributed by atoms with Gasteiger partial charge in [-0.15, -0.1) is 11.3 Å². The summed E-state index contributed by atoms with van der Waals surface area (Å²) in [4.78, 5) is 25.0. The highest BCUT2D eigenvalue weighted by Crippen LogP contribution is 2.49. The maximum Gasteiger partial charge on any atom is 0.346 e. The van der Waals surface area contributed by atoms with Crippen molar-refractivity contribution in [3.05, 3.63) is 69.7 Å². The summed E-state index contributed by atoms with van der Waals surface area (Å²) in [5.74, 6) is -1.95. The lowest BCUT2D eigenvalue weighted by molar-refractivity contribution is -0.116. The highest BCUT2D eigenvalue weighted by atomic mass is 32.1. The van der Waals surface area contributed by atoms with Crippen LogP contribution in [0.25, 0.3) is 11.1 Å². The van der Waals surface area contributed by atoms with Crippen molar-refractivity contribution in [3.63, 3.8) is 0 Å². The number of hydrogen-bond donors (Lipinski definition) is 3. The summed E-state index contributed by atoms with van der Waals surface area (Å²) in [6, 6.07) is 12.0. The molecule has 1 aliphatic rings. The first-order chi connectivity index (χ1) is 12.9. The van der Waals surface area contributed by atoms with E-state index in [0.29, 0.717) is 16.8 Å². The van der Waals surface area contributed by atoms with Crippen LogP contribution in [0.1, 0.15) is 32.5 Å². The number of halogens is 1. The number of nitrogens with one attached hydrogen (secondary N) is 1. The molecule has 0 aliphatic carbocycles. The van der Waals surface area contributed by atoms with Gasteiger partial charge in [0, 0.05) is 22.8 Å². The van der Waals surface area contributed by atoms with Crippen molar-refractivity contribution >= 4 is 28.9 Å². The van der Waals surface area contributed by atoms with Crippen LogP contribution in [0.15, 0.2) is 48.5 Å². The third-order valence-electron chi connectivity index (χ3n) is 4.53. The number of benzene rings is 2. The van der Waals surface area contributed by atoms with Crippen LogP contribution >= 0.6 is 11.3 Å². The summed E-state index contributed by atoms with van der Waals surface area (Å²) >= 11 is 1.11. The predicted octanol–water partition coefficient (Wildman–Crippen LogP) is 4.43. The minimum atomic E-state index is -1.10. The second-order valence-corrected chi connectivity index (χ2v) is 7.31. The van der Waals surface area contributed by atoms with Crippen LogP contribution in [0.2, 0.25) is 0 Å². The smallest absolute Gasteiger partial charge is 0.346 e. The number of anilines is 1. The van der Waals surface area contributed by atoms with E-state index in [1.165, 1.54) is 36.4 Å². The van der Waals surface area contributed by atoms with E-state index in [0.717, 1.165) is 21.8 Å². The lowest BCUT2D eigenvalue weighted by Gasteiger charge is -2.24. The van der Waals surface area contributed by atoms with Crippen molar-refractivity contribution in [1.82, 2.24) is 0 Å². The Balaban J connectivity index is 1.92. The van der Waals surface area contributed by atoms with E-state index >= 15 is 0 Å². The molecule has 0 bridgehead atoms. The summed E-state index contributed by atoms with van der Waals surface area (Å²) in [6.45, 7) is 0. The molecule has 0 saturated heterocycles. The predicted molar refractivity (Wildman–Crippen MR) is 99.9 cm³/mol. The second kappa shape index (κ2) is 6.51. The second-order valence-electron chi connectivity index (χ2n) is 6.25. The zero-order chi connectivity index (χ0) is 19.1. The minimum Gasteiger partial charge on any atom is -0.508 e. The van der Waals surface area contributed by atoms with Gasteiger partial charge in [-0.2, -0.15) is 0 Å². The maximum atomic E-state index is 13.3. The van der Waals surface area contributed by atoms with Crippen LogP contribution in [0, 0.1) is 5.82 Å². The molecule has 3 aromatic rings. The van der Waals surface area contributed by atoms with E-state index in [1.54, 1.807) is 12.1 Å². The molecule has 0 unspecified atom stereocenters. The number of amides is 1. The monoisotopic (exact) mass is 383 g/mol. The molecule has 0 saturated carbocycles. The van der Waals surface area contributed by atoms with Gasteiger partial charge in [0.05, 0.1) is 5.69 Å². The van der Waals surface area contributed by atoms with E-state index in [1.807, 2.05) is 0 Å². The highest BCUT2D eigenvalue weighted by Gasteiger charge is 2.34. The summed E-state index contributed by atoms with van der Waals surface area (Å²) in [5, 5.41) is 22.0. The molecule has 4 rings (SSSR count). The molecule has 1 atom stereocenters. The van der Waals surface area contributed by atoms with Crippen molar-refractivity contribution in [2.45, 2.75) is 12.3 Å². The number of carboxylic acids is 1. The fourth-order valence-electron chi connectivity index (χ4n) is 3.31. The van der Waals surface area contributed by atoms with Crippen LogP contribution in [0.5, 0.6) is 5.75 Å². The molecule has 0 spiro atoms. The van der Waals surface area contributed by atoms with E-state index < -0.39 is 11.8 Å². The molecule has 0 fully saturated rings. The Morgan fingerprint density at radius 3 is 2.41 bits per heavy atom. The summed E-state index contributed by atoms with van der Waals surface area (Å²) in [5.41, 5.74) is 2.18. The fourth-order valence-corrected chi connectivity index (χ4v) is 4.55. The molecule has 136 valence electrons. The van der Waals surface area contributed by atoms with Gasteiger partial charge in [0.2, 0.25) is 5.91 Å². The molecule has 2 aromatic carbocycles. The van der Waals surface area contributed by atoms with E-state index in [-0.39, 0.29) is 28.9 Å². The number of carboxylic acid groups (broad SMARTS) is 1. The molecule has 1 amide bonds.